The Kier molecular flexibility index (Phi) is 2.26. The van der Waals surface area contributed by atoms with Gasteiger partial charge < -0.3 is 5.32 Å². The van der Waals surface area contributed by atoms with Crippen LogP contribution in [0.2, 0.25) is 0 Å². The largest absolute Gasteiger partial charge is 0.353 e. The van der Waals surface area contributed by atoms with Crippen molar-refractivity contribution in [2.75, 3.05) is 0 Å². The van der Waals surface area contributed by atoms with Crippen LogP contribution in [0.4, 0.5) is 4.39 Å². The van der Waals surface area contributed by atoms with Gasteiger partial charge in [0.15, 0.2) is 0 Å². The first kappa shape index (κ1) is 8.97. The molecule has 0 bridgehead atoms. The second kappa shape index (κ2) is 3.28. The topological polar surface area (TPSA) is 29.1 Å². The van der Waals surface area contributed by atoms with Crippen LogP contribution in [0, 0.1) is 11.8 Å². The molecule has 0 aromatic heterocycles. The van der Waals surface area contributed by atoms with E-state index < -0.39 is 6.17 Å². The number of halogens is 1. The molecule has 74 valence electrons. The number of nitrogens with one attached hydrogen (secondary N) is 1. The van der Waals surface area contributed by atoms with Crippen LogP contribution in [0.5, 0.6) is 0 Å². The molecule has 3 heteroatoms. The minimum atomic E-state index is -0.761. The summed E-state index contributed by atoms with van der Waals surface area (Å²) in [5.41, 5.74) is 0. The molecule has 0 aromatic rings. The molecule has 1 aliphatic carbocycles. The number of amides is 1. The Bertz CT molecular complexity index is 219. The number of carbonyl (C=O) groups excluding carboxylic acids is 1. The minimum absolute atomic E-state index is 0.0359. The molecule has 1 saturated carbocycles. The summed E-state index contributed by atoms with van der Waals surface area (Å²) in [4.78, 5) is 11.4. The number of fused-ring (bicyclic) bond motifs is 1. The molecule has 1 saturated heterocycles. The summed E-state index contributed by atoms with van der Waals surface area (Å²) in [5.74, 6) is -0.0337. The average molecular weight is 185 g/mol. The molecule has 1 heterocycles. The second-order valence-electron chi connectivity index (χ2n) is 4.15. The van der Waals surface area contributed by atoms with Crippen molar-refractivity contribution < 1.29 is 9.18 Å². The van der Waals surface area contributed by atoms with E-state index in [9.17, 15) is 9.18 Å². The summed E-state index contributed by atoms with van der Waals surface area (Å²) in [5, 5.41) is 2.91. The molecule has 4 unspecified atom stereocenters. The number of alkyl halides is 1. The molecular formula is C10H16FNO. The SMILES string of the molecule is CCC1C(=O)NC2CCCC(F)C21. The summed E-state index contributed by atoms with van der Waals surface area (Å²) >= 11 is 0. The maximum atomic E-state index is 13.6. The normalized spacial score (nSPS) is 44.3. The van der Waals surface area contributed by atoms with Crippen LogP contribution in [0.1, 0.15) is 32.6 Å². The molecule has 1 N–H and O–H groups in total. The standard InChI is InChI=1S/C10H16FNO/c1-2-6-9-7(11)4-3-5-8(9)12-10(6)13/h6-9H,2-5H2,1H3,(H,12,13). The van der Waals surface area contributed by atoms with Gasteiger partial charge in [-0.15, -0.1) is 0 Å². The molecule has 0 aromatic carbocycles. The first-order valence-electron chi connectivity index (χ1n) is 5.18. The summed E-state index contributed by atoms with van der Waals surface area (Å²) in [6, 6.07) is 0.126. The number of hydrogen-bond acceptors (Lipinski definition) is 1. The van der Waals surface area contributed by atoms with E-state index in [4.69, 9.17) is 0 Å². The highest BCUT2D eigenvalue weighted by Gasteiger charge is 2.47. The fourth-order valence-electron chi connectivity index (χ4n) is 2.79. The van der Waals surface area contributed by atoms with Gasteiger partial charge in [-0.1, -0.05) is 6.92 Å². The van der Waals surface area contributed by atoms with E-state index >= 15 is 0 Å². The molecule has 4 atom stereocenters. The Morgan fingerprint density at radius 3 is 3.00 bits per heavy atom. The fourth-order valence-corrected chi connectivity index (χ4v) is 2.79. The zero-order chi connectivity index (χ0) is 9.42. The highest BCUT2D eigenvalue weighted by molar-refractivity contribution is 5.82. The van der Waals surface area contributed by atoms with Gasteiger partial charge in [-0.3, -0.25) is 4.79 Å². The molecule has 0 radical (unpaired) electrons. The Balaban J connectivity index is 2.17. The van der Waals surface area contributed by atoms with Crippen molar-refractivity contribution in [2.24, 2.45) is 11.8 Å². The van der Waals surface area contributed by atoms with Gasteiger partial charge in [0.25, 0.3) is 0 Å². The van der Waals surface area contributed by atoms with Crippen molar-refractivity contribution in [3.8, 4) is 0 Å². The number of rotatable bonds is 1. The van der Waals surface area contributed by atoms with Crippen LogP contribution in [-0.4, -0.2) is 18.1 Å². The Morgan fingerprint density at radius 2 is 2.31 bits per heavy atom. The molecular weight excluding hydrogens is 169 g/mol. The van der Waals surface area contributed by atoms with E-state index in [1.165, 1.54) is 0 Å². The number of hydrogen-bond donors (Lipinski definition) is 1. The van der Waals surface area contributed by atoms with Gasteiger partial charge in [-0.25, -0.2) is 4.39 Å². The van der Waals surface area contributed by atoms with Gasteiger partial charge in [-0.05, 0) is 25.7 Å². The Labute approximate surface area is 77.9 Å². The molecule has 1 amide bonds. The Hall–Kier alpha value is -0.600. The van der Waals surface area contributed by atoms with E-state index in [0.717, 1.165) is 19.3 Å². The van der Waals surface area contributed by atoms with E-state index in [1.807, 2.05) is 6.92 Å². The van der Waals surface area contributed by atoms with Crippen molar-refractivity contribution in [3.05, 3.63) is 0 Å². The van der Waals surface area contributed by atoms with E-state index in [-0.39, 0.29) is 23.8 Å². The molecule has 2 aliphatic rings. The molecule has 2 fully saturated rings. The van der Waals surface area contributed by atoms with Crippen molar-refractivity contribution >= 4 is 5.91 Å². The first-order chi connectivity index (χ1) is 6.24. The monoisotopic (exact) mass is 185 g/mol. The van der Waals surface area contributed by atoms with E-state index in [1.54, 1.807) is 0 Å². The number of carbonyl (C=O) groups is 1. The second-order valence-corrected chi connectivity index (χ2v) is 4.15. The maximum Gasteiger partial charge on any atom is 0.223 e. The predicted molar refractivity (Wildman–Crippen MR) is 47.9 cm³/mol. The van der Waals surface area contributed by atoms with E-state index in [0.29, 0.717) is 6.42 Å². The quantitative estimate of drug-likeness (QED) is 0.661. The van der Waals surface area contributed by atoms with Crippen molar-refractivity contribution in [1.29, 1.82) is 0 Å². The third-order valence-electron chi connectivity index (χ3n) is 3.45. The molecule has 2 rings (SSSR count). The first-order valence-corrected chi connectivity index (χ1v) is 5.18. The van der Waals surface area contributed by atoms with Crippen molar-refractivity contribution in [2.45, 2.75) is 44.8 Å². The lowest BCUT2D eigenvalue weighted by atomic mass is 9.77. The Morgan fingerprint density at radius 1 is 1.54 bits per heavy atom. The predicted octanol–water partition coefficient (Wildman–Crippen LogP) is 1.65. The highest BCUT2D eigenvalue weighted by Crippen LogP contribution is 2.38. The van der Waals surface area contributed by atoms with Gasteiger partial charge in [0.05, 0.1) is 0 Å². The van der Waals surface area contributed by atoms with Crippen LogP contribution in [0.25, 0.3) is 0 Å². The lowest BCUT2D eigenvalue weighted by molar-refractivity contribution is -0.123. The van der Waals surface area contributed by atoms with Gasteiger partial charge in [0.1, 0.15) is 6.17 Å². The fraction of sp³-hybridized carbons (Fsp3) is 0.900. The zero-order valence-corrected chi connectivity index (χ0v) is 7.92. The minimum Gasteiger partial charge on any atom is -0.353 e. The molecule has 2 nitrogen and oxygen atoms in total. The van der Waals surface area contributed by atoms with Gasteiger partial charge in [-0.2, -0.15) is 0 Å². The summed E-state index contributed by atoms with van der Waals surface area (Å²) < 4.78 is 13.6. The zero-order valence-electron chi connectivity index (χ0n) is 7.92. The average Bonchev–Trinajstić information content (AvgIpc) is 2.42. The van der Waals surface area contributed by atoms with Crippen LogP contribution < -0.4 is 5.32 Å². The summed E-state index contributed by atoms with van der Waals surface area (Å²) in [6.07, 6.45) is 2.54. The van der Waals surface area contributed by atoms with Gasteiger partial charge >= 0.3 is 0 Å². The summed E-state index contributed by atoms with van der Waals surface area (Å²) in [6.45, 7) is 1.97. The van der Waals surface area contributed by atoms with Crippen LogP contribution in [0.3, 0.4) is 0 Å². The lowest BCUT2D eigenvalue weighted by Gasteiger charge is -2.30. The maximum absolute atomic E-state index is 13.6. The van der Waals surface area contributed by atoms with Crippen molar-refractivity contribution in [1.82, 2.24) is 5.32 Å². The van der Waals surface area contributed by atoms with Gasteiger partial charge in [0, 0.05) is 17.9 Å². The molecule has 0 spiro atoms. The summed E-state index contributed by atoms with van der Waals surface area (Å²) in [7, 11) is 0. The van der Waals surface area contributed by atoms with Crippen LogP contribution in [-0.2, 0) is 4.79 Å². The van der Waals surface area contributed by atoms with Crippen molar-refractivity contribution in [3.63, 3.8) is 0 Å². The van der Waals surface area contributed by atoms with E-state index in [2.05, 4.69) is 5.32 Å². The van der Waals surface area contributed by atoms with Gasteiger partial charge in [0.2, 0.25) is 5.91 Å². The third kappa shape index (κ3) is 1.34. The van der Waals surface area contributed by atoms with Crippen LogP contribution >= 0.6 is 0 Å². The van der Waals surface area contributed by atoms with Crippen LogP contribution in [0.15, 0.2) is 0 Å². The highest BCUT2D eigenvalue weighted by atomic mass is 19.1. The smallest absolute Gasteiger partial charge is 0.223 e. The molecule has 1 aliphatic heterocycles. The molecule has 13 heavy (non-hydrogen) atoms. The lowest BCUT2D eigenvalue weighted by Crippen LogP contribution is -2.37. The third-order valence-corrected chi connectivity index (χ3v) is 3.45.